The van der Waals surface area contributed by atoms with Gasteiger partial charge in [-0.15, -0.1) is 0 Å². The van der Waals surface area contributed by atoms with Crippen LogP contribution in [0.5, 0.6) is 0 Å². The number of unbranched alkanes of at least 4 members (excludes halogenated alkanes) is 11. The van der Waals surface area contributed by atoms with Crippen LogP contribution in [0.15, 0.2) is 12.2 Å². The fourth-order valence-corrected chi connectivity index (χ4v) is 5.51. The Morgan fingerprint density at radius 3 is 1.18 bits per heavy atom. The molecule has 0 aromatic heterocycles. The van der Waals surface area contributed by atoms with Gasteiger partial charge in [0.15, 0.2) is 0 Å². The molecule has 0 saturated heterocycles. The Balaban J connectivity index is 5.01. The van der Waals surface area contributed by atoms with Crippen LogP contribution in [0.3, 0.4) is 0 Å². The lowest BCUT2D eigenvalue weighted by molar-refractivity contribution is -0.935. The third-order valence-corrected chi connectivity index (χ3v) is 8.09. The lowest BCUT2D eigenvalue weighted by Gasteiger charge is -2.43. The zero-order chi connectivity index (χ0) is 28.8. The summed E-state index contributed by atoms with van der Waals surface area (Å²) in [6.45, 7) is 9.06. The van der Waals surface area contributed by atoms with E-state index in [1.807, 2.05) is 20.8 Å². The minimum Gasteiger partial charge on any atom is -0.481 e. The van der Waals surface area contributed by atoms with Crippen molar-refractivity contribution in [1.82, 2.24) is 0 Å². The van der Waals surface area contributed by atoms with Crippen molar-refractivity contribution in [2.75, 3.05) is 26.2 Å². The third-order valence-electron chi connectivity index (χ3n) is 8.09. The molecule has 0 aromatic carbocycles. The summed E-state index contributed by atoms with van der Waals surface area (Å²) in [7, 11) is 0. The van der Waals surface area contributed by atoms with E-state index in [1.165, 1.54) is 57.8 Å². The molecule has 0 aliphatic heterocycles. The number of hydrogen-bond acceptors (Lipinski definition) is 3. The Morgan fingerprint density at radius 2 is 0.895 bits per heavy atom. The van der Waals surface area contributed by atoms with Gasteiger partial charge in [0.2, 0.25) is 0 Å². The van der Waals surface area contributed by atoms with Crippen molar-refractivity contribution in [1.29, 1.82) is 0 Å². The summed E-state index contributed by atoms with van der Waals surface area (Å²) in [6.07, 6.45) is 20.0. The van der Waals surface area contributed by atoms with Crippen LogP contribution in [0.25, 0.3) is 0 Å². The maximum Gasteiger partial charge on any atom is 0.312 e. The second-order valence-corrected chi connectivity index (χ2v) is 11.2. The number of carboxylic acid groups (broad SMARTS) is 3. The quantitative estimate of drug-likeness (QED) is 0.0599. The van der Waals surface area contributed by atoms with Crippen LogP contribution in [0.4, 0.5) is 0 Å². The molecule has 0 saturated carbocycles. The first-order valence-electron chi connectivity index (χ1n) is 15.3. The molecule has 3 unspecified atom stereocenters. The predicted molar refractivity (Wildman–Crippen MR) is 154 cm³/mol. The third kappa shape index (κ3) is 16.2. The molecule has 0 aromatic rings. The lowest BCUT2D eigenvalue weighted by Crippen LogP contribution is -2.58. The summed E-state index contributed by atoms with van der Waals surface area (Å²) in [5.41, 5.74) is 0. The average molecular weight is 541 g/mol. The molecule has 0 amide bonds. The van der Waals surface area contributed by atoms with Crippen molar-refractivity contribution < 1.29 is 34.2 Å². The van der Waals surface area contributed by atoms with Crippen LogP contribution >= 0.6 is 0 Å². The van der Waals surface area contributed by atoms with Gasteiger partial charge in [0, 0.05) is 0 Å². The number of hydrogen-bond donors (Lipinski definition) is 3. The molecule has 0 heterocycles. The van der Waals surface area contributed by atoms with E-state index < -0.39 is 35.7 Å². The molecule has 0 aliphatic rings. The molecule has 0 rings (SSSR count). The maximum atomic E-state index is 11.9. The number of carbonyl (C=O) groups is 3. The Kier molecular flexibility index (Phi) is 20.9. The molecule has 3 atom stereocenters. The summed E-state index contributed by atoms with van der Waals surface area (Å²) in [6, 6.07) is 0. The van der Waals surface area contributed by atoms with Crippen LogP contribution in [0.2, 0.25) is 0 Å². The van der Waals surface area contributed by atoms with Gasteiger partial charge in [-0.3, -0.25) is 14.4 Å². The lowest BCUT2D eigenvalue weighted by atomic mass is 9.95. The fourth-order valence-electron chi connectivity index (χ4n) is 5.51. The van der Waals surface area contributed by atoms with Crippen molar-refractivity contribution in [3.63, 3.8) is 0 Å². The molecule has 0 spiro atoms. The summed E-state index contributed by atoms with van der Waals surface area (Å²) in [4.78, 5) is 35.8. The zero-order valence-corrected chi connectivity index (χ0v) is 24.8. The minimum absolute atomic E-state index is 0.258. The number of nitrogens with zero attached hydrogens (tertiary/aromatic N) is 1. The predicted octanol–water partition coefficient (Wildman–Crippen LogP) is 7.39. The highest BCUT2D eigenvalue weighted by Crippen LogP contribution is 2.25. The van der Waals surface area contributed by atoms with Gasteiger partial charge >= 0.3 is 17.9 Å². The van der Waals surface area contributed by atoms with Gasteiger partial charge < -0.3 is 19.8 Å². The molecular weight excluding hydrogens is 482 g/mol. The van der Waals surface area contributed by atoms with E-state index in [4.69, 9.17) is 0 Å². The smallest absolute Gasteiger partial charge is 0.312 e. The first kappa shape index (κ1) is 36.1. The Morgan fingerprint density at radius 1 is 0.579 bits per heavy atom. The Hall–Kier alpha value is -1.89. The number of aliphatic carboxylic acids is 3. The average Bonchev–Trinajstić information content (AvgIpc) is 2.88. The van der Waals surface area contributed by atoms with E-state index in [2.05, 4.69) is 19.1 Å². The van der Waals surface area contributed by atoms with Gasteiger partial charge in [-0.1, -0.05) is 84.3 Å². The Labute approximate surface area is 232 Å². The number of carboxylic acids is 3. The van der Waals surface area contributed by atoms with E-state index in [1.54, 1.807) is 0 Å². The normalized spacial score (nSPS) is 15.7. The SMILES string of the molecule is C/C=C/CCCCCCCCCCCCC[N+](CC(CC)C(=O)O)(CC(CC)C(=O)O)CC(CC)C(=O)O. The molecule has 7 heteroatoms. The summed E-state index contributed by atoms with van der Waals surface area (Å²) in [5, 5.41) is 29.4. The van der Waals surface area contributed by atoms with Gasteiger partial charge in [0.05, 0.1) is 26.2 Å². The fraction of sp³-hybridized carbons (Fsp3) is 0.839. The molecule has 0 radical (unpaired) electrons. The number of rotatable bonds is 26. The van der Waals surface area contributed by atoms with E-state index in [9.17, 15) is 29.7 Å². The van der Waals surface area contributed by atoms with Crippen molar-refractivity contribution in [2.45, 2.75) is 124 Å². The second kappa shape index (κ2) is 22.0. The summed E-state index contributed by atoms with van der Waals surface area (Å²) < 4.78 is 0.258. The second-order valence-electron chi connectivity index (χ2n) is 11.2. The number of allylic oxidation sites excluding steroid dienone is 2. The molecule has 0 aliphatic carbocycles. The monoisotopic (exact) mass is 540 g/mol. The molecule has 0 fully saturated rings. The van der Waals surface area contributed by atoms with E-state index in [0.717, 1.165) is 19.3 Å². The highest BCUT2D eigenvalue weighted by Gasteiger charge is 2.40. The van der Waals surface area contributed by atoms with Gasteiger partial charge in [-0.05, 0) is 51.9 Å². The molecule has 38 heavy (non-hydrogen) atoms. The van der Waals surface area contributed by atoms with Gasteiger partial charge in [0.25, 0.3) is 0 Å². The van der Waals surface area contributed by atoms with Crippen LogP contribution < -0.4 is 0 Å². The molecule has 0 bridgehead atoms. The van der Waals surface area contributed by atoms with E-state index in [0.29, 0.717) is 25.8 Å². The van der Waals surface area contributed by atoms with Crippen molar-refractivity contribution in [3.8, 4) is 0 Å². The van der Waals surface area contributed by atoms with Crippen molar-refractivity contribution in [2.24, 2.45) is 17.8 Å². The highest BCUT2D eigenvalue weighted by molar-refractivity contribution is 5.71. The van der Waals surface area contributed by atoms with Gasteiger partial charge in [-0.25, -0.2) is 0 Å². The van der Waals surface area contributed by atoms with Crippen LogP contribution in [-0.2, 0) is 14.4 Å². The number of quaternary nitrogens is 1. The minimum atomic E-state index is -0.889. The molecule has 3 N–H and O–H groups in total. The van der Waals surface area contributed by atoms with E-state index >= 15 is 0 Å². The van der Waals surface area contributed by atoms with Crippen molar-refractivity contribution in [3.05, 3.63) is 12.2 Å². The largest absolute Gasteiger partial charge is 0.481 e. The summed E-state index contributed by atoms with van der Waals surface area (Å²) in [5.74, 6) is -4.51. The first-order valence-corrected chi connectivity index (χ1v) is 15.3. The van der Waals surface area contributed by atoms with Gasteiger partial charge in [0.1, 0.15) is 17.8 Å². The first-order chi connectivity index (χ1) is 18.2. The topological polar surface area (TPSA) is 112 Å². The molecule has 222 valence electrons. The molecular formula is C31H58NO6+. The van der Waals surface area contributed by atoms with Crippen LogP contribution in [0.1, 0.15) is 124 Å². The maximum absolute atomic E-state index is 11.9. The summed E-state index contributed by atoms with van der Waals surface area (Å²) >= 11 is 0. The van der Waals surface area contributed by atoms with Crippen LogP contribution in [0, 0.1) is 17.8 Å². The van der Waals surface area contributed by atoms with Crippen molar-refractivity contribution >= 4 is 17.9 Å². The van der Waals surface area contributed by atoms with Gasteiger partial charge in [-0.2, -0.15) is 0 Å². The highest BCUT2D eigenvalue weighted by atomic mass is 16.4. The standard InChI is InChI=1S/C31H57NO6/c1-5-9-10-11-12-13-14-15-16-17-18-19-20-21-22-32(23-26(6-2)29(33)34,24-27(7-3)30(35)36)25-28(8-4)31(37)38/h5,9,26-28H,6-8,10-25H2,1-4H3,(H2-,33,34,35,36,37,38)/p+1/b9-5+. The zero-order valence-electron chi connectivity index (χ0n) is 24.8. The van der Waals surface area contributed by atoms with Crippen LogP contribution in [-0.4, -0.2) is 63.9 Å². The Bertz CT molecular complexity index is 617. The van der Waals surface area contributed by atoms with E-state index in [-0.39, 0.29) is 24.1 Å². The molecule has 7 nitrogen and oxygen atoms in total.